The summed E-state index contributed by atoms with van der Waals surface area (Å²) < 4.78 is 0. The molecule has 4 unspecified atom stereocenters. The zero-order valence-corrected chi connectivity index (χ0v) is 15.2. The fraction of sp³-hybridized carbons (Fsp3) is 1.00. The van der Waals surface area contributed by atoms with Gasteiger partial charge in [0, 0.05) is 4.83 Å². The van der Waals surface area contributed by atoms with Gasteiger partial charge in [-0.15, -0.1) is 0 Å². The smallest absolute Gasteiger partial charge is 0.0543 e. The number of alkyl halides is 1. The van der Waals surface area contributed by atoms with Gasteiger partial charge in [0.1, 0.15) is 0 Å². The lowest BCUT2D eigenvalue weighted by Gasteiger charge is -2.60. The molecule has 0 aliphatic heterocycles. The van der Waals surface area contributed by atoms with Crippen molar-refractivity contribution < 1.29 is 5.11 Å². The van der Waals surface area contributed by atoms with Crippen molar-refractivity contribution in [2.75, 3.05) is 0 Å². The number of hydrogen-bond acceptors (Lipinski definition) is 1. The highest BCUT2D eigenvalue weighted by Crippen LogP contribution is 2.66. The van der Waals surface area contributed by atoms with Crippen molar-refractivity contribution >= 4 is 15.9 Å². The van der Waals surface area contributed by atoms with Crippen LogP contribution in [0, 0.1) is 34.5 Å². The molecule has 0 heterocycles. The first kappa shape index (κ1) is 15.0. The molecule has 4 aliphatic rings. The van der Waals surface area contributed by atoms with Gasteiger partial charge in [0.05, 0.1) is 6.10 Å². The van der Waals surface area contributed by atoms with Gasteiger partial charge in [-0.3, -0.25) is 0 Å². The van der Waals surface area contributed by atoms with Gasteiger partial charge < -0.3 is 5.11 Å². The summed E-state index contributed by atoms with van der Waals surface area (Å²) in [7, 11) is 0. The van der Waals surface area contributed by atoms with Crippen LogP contribution in [0.4, 0.5) is 0 Å². The quantitative estimate of drug-likeness (QED) is 0.596. The molecule has 4 fully saturated rings. The Labute approximate surface area is 138 Å². The van der Waals surface area contributed by atoms with Crippen molar-refractivity contribution in [2.45, 2.75) is 82.6 Å². The molecule has 1 N–H and O–H groups in total. The number of rotatable bonds is 0. The zero-order chi connectivity index (χ0) is 14.8. The molecule has 0 aromatic rings. The van der Waals surface area contributed by atoms with Crippen LogP contribution >= 0.6 is 15.9 Å². The average molecular weight is 355 g/mol. The van der Waals surface area contributed by atoms with Crippen LogP contribution in [-0.4, -0.2) is 16.0 Å². The second kappa shape index (κ2) is 4.97. The van der Waals surface area contributed by atoms with E-state index in [0.717, 1.165) is 41.3 Å². The standard InChI is InChI=1S/C19H31BrO/c1-18-7-6-16-15(17(18)10-13(20)11-18)4-3-12-9-14(21)5-8-19(12,16)2/h12-17,21H,3-11H2,1-2H3/t12?,13-,14+,15?,16?,17?,18-,19+/m1/s1. The first-order chi connectivity index (χ1) is 9.92. The minimum atomic E-state index is -0.00751. The summed E-state index contributed by atoms with van der Waals surface area (Å²) in [6, 6.07) is 0. The largest absolute Gasteiger partial charge is 0.393 e. The van der Waals surface area contributed by atoms with E-state index >= 15 is 0 Å². The molecule has 0 radical (unpaired) electrons. The summed E-state index contributed by atoms with van der Waals surface area (Å²) in [5.41, 5.74) is 1.15. The number of hydrogen-bond donors (Lipinski definition) is 1. The third-order valence-corrected chi connectivity index (χ3v) is 9.05. The highest BCUT2D eigenvalue weighted by Gasteiger charge is 2.58. The van der Waals surface area contributed by atoms with E-state index in [1.54, 1.807) is 0 Å². The Morgan fingerprint density at radius 1 is 0.952 bits per heavy atom. The van der Waals surface area contributed by atoms with Gasteiger partial charge in [0.25, 0.3) is 0 Å². The van der Waals surface area contributed by atoms with Crippen molar-refractivity contribution in [3.63, 3.8) is 0 Å². The van der Waals surface area contributed by atoms with Crippen LogP contribution in [0.15, 0.2) is 0 Å². The summed E-state index contributed by atoms with van der Waals surface area (Å²) in [5, 5.41) is 10.1. The molecule has 2 heteroatoms. The van der Waals surface area contributed by atoms with E-state index in [-0.39, 0.29) is 6.10 Å². The molecule has 120 valence electrons. The maximum absolute atomic E-state index is 10.1. The minimum absolute atomic E-state index is 0.00751. The second-order valence-electron chi connectivity index (χ2n) is 9.31. The molecule has 21 heavy (non-hydrogen) atoms. The fourth-order valence-corrected chi connectivity index (χ4v) is 8.35. The molecule has 0 spiro atoms. The van der Waals surface area contributed by atoms with Crippen molar-refractivity contribution in [3.8, 4) is 0 Å². The molecule has 4 saturated carbocycles. The predicted molar refractivity (Wildman–Crippen MR) is 90.4 cm³/mol. The molecule has 0 aromatic carbocycles. The Hall–Kier alpha value is 0.440. The maximum atomic E-state index is 10.1. The minimum Gasteiger partial charge on any atom is -0.393 e. The zero-order valence-electron chi connectivity index (χ0n) is 13.7. The molecule has 4 rings (SSSR count). The summed E-state index contributed by atoms with van der Waals surface area (Å²) in [4.78, 5) is 0.768. The summed E-state index contributed by atoms with van der Waals surface area (Å²) in [6.45, 7) is 5.16. The van der Waals surface area contributed by atoms with Gasteiger partial charge >= 0.3 is 0 Å². The molecule has 4 aliphatic carbocycles. The van der Waals surface area contributed by atoms with Crippen LogP contribution in [-0.2, 0) is 0 Å². The Morgan fingerprint density at radius 3 is 2.57 bits per heavy atom. The summed E-state index contributed by atoms with van der Waals surface area (Å²) in [5.74, 6) is 3.68. The molecular weight excluding hydrogens is 324 g/mol. The lowest BCUT2D eigenvalue weighted by Crippen LogP contribution is -2.53. The SMILES string of the molecule is C[C@]12CCC3C(CCC4C[C@@H](O)CC[C@@]43C)C1C[C@@H](Br)C2. The van der Waals surface area contributed by atoms with Crippen LogP contribution in [0.2, 0.25) is 0 Å². The predicted octanol–water partition coefficient (Wildman–Crippen LogP) is 5.15. The van der Waals surface area contributed by atoms with Gasteiger partial charge in [-0.1, -0.05) is 29.8 Å². The summed E-state index contributed by atoms with van der Waals surface area (Å²) >= 11 is 3.94. The molecule has 1 nitrogen and oxygen atoms in total. The molecule has 0 bridgehead atoms. The highest BCUT2D eigenvalue weighted by molar-refractivity contribution is 9.09. The van der Waals surface area contributed by atoms with Crippen LogP contribution in [0.25, 0.3) is 0 Å². The maximum Gasteiger partial charge on any atom is 0.0543 e. The van der Waals surface area contributed by atoms with Crippen molar-refractivity contribution in [2.24, 2.45) is 34.5 Å². The number of halogens is 1. The van der Waals surface area contributed by atoms with Crippen LogP contribution in [0.3, 0.4) is 0 Å². The van der Waals surface area contributed by atoms with Crippen LogP contribution in [0.5, 0.6) is 0 Å². The van der Waals surface area contributed by atoms with E-state index in [0.29, 0.717) is 10.8 Å². The molecule has 0 saturated heterocycles. The third kappa shape index (κ3) is 2.18. The van der Waals surface area contributed by atoms with Gasteiger partial charge in [0.2, 0.25) is 0 Å². The van der Waals surface area contributed by atoms with Gasteiger partial charge in [0.15, 0.2) is 0 Å². The van der Waals surface area contributed by atoms with E-state index < -0.39 is 0 Å². The number of aliphatic hydroxyl groups excluding tert-OH is 1. The molecule has 0 amide bonds. The lowest BCUT2D eigenvalue weighted by atomic mass is 9.45. The first-order valence-corrected chi connectivity index (χ1v) is 10.2. The van der Waals surface area contributed by atoms with Gasteiger partial charge in [-0.25, -0.2) is 0 Å². The van der Waals surface area contributed by atoms with Crippen molar-refractivity contribution in [3.05, 3.63) is 0 Å². The van der Waals surface area contributed by atoms with E-state index in [1.165, 1.54) is 44.9 Å². The average Bonchev–Trinajstić information content (AvgIpc) is 2.74. The topological polar surface area (TPSA) is 20.2 Å². The normalized spacial score (nSPS) is 60.0. The van der Waals surface area contributed by atoms with E-state index in [4.69, 9.17) is 0 Å². The molecular formula is C19H31BrO. The van der Waals surface area contributed by atoms with Gasteiger partial charge in [-0.05, 0) is 92.3 Å². The second-order valence-corrected chi connectivity index (χ2v) is 10.6. The lowest BCUT2D eigenvalue weighted by molar-refractivity contribution is -0.120. The Kier molecular flexibility index (Phi) is 3.55. The van der Waals surface area contributed by atoms with E-state index in [1.807, 2.05) is 0 Å². The Bertz CT molecular complexity index is 424. The third-order valence-electron chi connectivity index (χ3n) is 8.35. The Morgan fingerprint density at radius 2 is 1.76 bits per heavy atom. The first-order valence-electron chi connectivity index (χ1n) is 9.24. The highest BCUT2D eigenvalue weighted by atomic mass is 79.9. The van der Waals surface area contributed by atoms with Gasteiger partial charge in [-0.2, -0.15) is 0 Å². The summed E-state index contributed by atoms with van der Waals surface area (Å²) in [6.07, 6.45) is 12.0. The monoisotopic (exact) mass is 354 g/mol. The number of aliphatic hydroxyl groups is 1. The van der Waals surface area contributed by atoms with Crippen molar-refractivity contribution in [1.82, 2.24) is 0 Å². The van der Waals surface area contributed by atoms with Crippen LogP contribution < -0.4 is 0 Å². The fourth-order valence-electron chi connectivity index (χ4n) is 7.21. The van der Waals surface area contributed by atoms with Crippen molar-refractivity contribution in [1.29, 1.82) is 0 Å². The van der Waals surface area contributed by atoms with E-state index in [9.17, 15) is 5.11 Å². The molecule has 0 aromatic heterocycles. The Balaban J connectivity index is 1.62. The number of fused-ring (bicyclic) bond motifs is 5. The van der Waals surface area contributed by atoms with E-state index in [2.05, 4.69) is 29.8 Å². The van der Waals surface area contributed by atoms with Crippen LogP contribution in [0.1, 0.15) is 71.6 Å². The molecule has 8 atom stereocenters.